The van der Waals surface area contributed by atoms with E-state index in [2.05, 4.69) is 31.2 Å². The lowest BCUT2D eigenvalue weighted by Crippen LogP contribution is -2.00. The summed E-state index contributed by atoms with van der Waals surface area (Å²) in [6.07, 6.45) is 1.31. The molecule has 0 spiro atoms. The summed E-state index contributed by atoms with van der Waals surface area (Å²) in [7, 11) is 0. The van der Waals surface area contributed by atoms with Gasteiger partial charge in [0.25, 0.3) is 0 Å². The summed E-state index contributed by atoms with van der Waals surface area (Å²) in [5.41, 5.74) is 3.16. The van der Waals surface area contributed by atoms with Gasteiger partial charge in [0.2, 0.25) is 0 Å². The van der Waals surface area contributed by atoms with E-state index in [1.54, 1.807) is 24.3 Å². The van der Waals surface area contributed by atoms with E-state index in [-0.39, 0.29) is 5.78 Å². The van der Waals surface area contributed by atoms with Crippen molar-refractivity contribution in [3.8, 4) is 0 Å². The normalized spacial score (nSPS) is 10.3. The summed E-state index contributed by atoms with van der Waals surface area (Å²) in [6, 6.07) is 15.3. The average Bonchev–Trinajstić information content (AvgIpc) is 2.38. The number of carbonyl (C=O) groups excluding carboxylic acids is 1. The molecule has 0 atom stereocenters. The van der Waals surface area contributed by atoms with E-state index >= 15 is 0 Å². The van der Waals surface area contributed by atoms with E-state index in [1.807, 2.05) is 0 Å². The van der Waals surface area contributed by atoms with E-state index in [9.17, 15) is 4.79 Å². The fraction of sp³-hybridized carbons (Fsp3) is 0.188. The van der Waals surface area contributed by atoms with Crippen LogP contribution in [-0.4, -0.2) is 5.78 Å². The number of hydrogen-bond donors (Lipinski definition) is 0. The van der Waals surface area contributed by atoms with Crippen LogP contribution in [0.4, 0.5) is 0 Å². The quantitative estimate of drug-likeness (QED) is 0.740. The van der Waals surface area contributed by atoms with Crippen molar-refractivity contribution in [2.45, 2.75) is 19.8 Å². The molecule has 92 valence electrons. The molecule has 0 N–H and O–H groups in total. The standard InChI is InChI=1S/C16H15ClO/c1-12-2-4-13(5-3-12)6-11-16(18)14-7-9-15(17)10-8-14/h2-5,7-10H,6,11H2,1H3. The average molecular weight is 259 g/mol. The van der Waals surface area contributed by atoms with Crippen LogP contribution in [0.5, 0.6) is 0 Å². The Kier molecular flexibility index (Phi) is 4.16. The highest BCUT2D eigenvalue weighted by Gasteiger charge is 2.05. The molecule has 0 saturated carbocycles. The van der Waals surface area contributed by atoms with Gasteiger partial charge >= 0.3 is 0 Å². The molecule has 0 aliphatic rings. The van der Waals surface area contributed by atoms with Gasteiger partial charge in [-0.2, -0.15) is 0 Å². The van der Waals surface area contributed by atoms with Gasteiger partial charge in [-0.3, -0.25) is 4.79 Å². The van der Waals surface area contributed by atoms with Gasteiger partial charge in [0.1, 0.15) is 0 Å². The van der Waals surface area contributed by atoms with Crippen LogP contribution in [-0.2, 0) is 6.42 Å². The maximum absolute atomic E-state index is 12.0. The van der Waals surface area contributed by atoms with Crippen molar-refractivity contribution < 1.29 is 4.79 Å². The molecule has 0 bridgehead atoms. The van der Waals surface area contributed by atoms with Crippen molar-refractivity contribution in [2.24, 2.45) is 0 Å². The van der Waals surface area contributed by atoms with Crippen molar-refractivity contribution in [1.29, 1.82) is 0 Å². The predicted octanol–water partition coefficient (Wildman–Crippen LogP) is 4.46. The van der Waals surface area contributed by atoms with Crippen LogP contribution in [0, 0.1) is 6.92 Å². The van der Waals surface area contributed by atoms with Gasteiger partial charge in [0.15, 0.2) is 5.78 Å². The highest BCUT2D eigenvalue weighted by molar-refractivity contribution is 6.30. The second-order valence-corrected chi connectivity index (χ2v) is 4.85. The van der Waals surface area contributed by atoms with Gasteiger partial charge in [0.05, 0.1) is 0 Å². The van der Waals surface area contributed by atoms with Crippen LogP contribution >= 0.6 is 11.6 Å². The van der Waals surface area contributed by atoms with Crippen molar-refractivity contribution in [3.63, 3.8) is 0 Å². The maximum atomic E-state index is 12.0. The predicted molar refractivity (Wildman–Crippen MR) is 75.3 cm³/mol. The summed E-state index contributed by atoms with van der Waals surface area (Å²) < 4.78 is 0. The number of rotatable bonds is 4. The third-order valence-corrected chi connectivity index (χ3v) is 3.18. The van der Waals surface area contributed by atoms with Crippen molar-refractivity contribution in [2.75, 3.05) is 0 Å². The second-order valence-electron chi connectivity index (χ2n) is 4.42. The Bertz CT molecular complexity index is 526. The zero-order valence-electron chi connectivity index (χ0n) is 10.3. The van der Waals surface area contributed by atoms with E-state index in [1.165, 1.54) is 11.1 Å². The van der Waals surface area contributed by atoms with Crippen LogP contribution in [0.2, 0.25) is 5.02 Å². The minimum absolute atomic E-state index is 0.159. The Morgan fingerprint density at radius 3 is 2.22 bits per heavy atom. The Labute approximate surface area is 112 Å². The maximum Gasteiger partial charge on any atom is 0.163 e. The highest BCUT2D eigenvalue weighted by Crippen LogP contribution is 2.13. The molecule has 0 heterocycles. The second kappa shape index (κ2) is 5.83. The van der Waals surface area contributed by atoms with Crippen LogP contribution in [0.25, 0.3) is 0 Å². The number of hydrogen-bond acceptors (Lipinski definition) is 1. The molecule has 0 radical (unpaired) electrons. The summed E-state index contributed by atoms with van der Waals surface area (Å²) in [4.78, 5) is 12.0. The summed E-state index contributed by atoms with van der Waals surface area (Å²) in [5, 5.41) is 0.657. The van der Waals surface area contributed by atoms with Gasteiger partial charge in [-0.15, -0.1) is 0 Å². The molecule has 0 fully saturated rings. The van der Waals surface area contributed by atoms with Crippen LogP contribution in [0.1, 0.15) is 27.9 Å². The molecular formula is C16H15ClO. The van der Waals surface area contributed by atoms with Gasteiger partial charge in [-0.25, -0.2) is 0 Å². The van der Waals surface area contributed by atoms with Gasteiger partial charge < -0.3 is 0 Å². The summed E-state index contributed by atoms with van der Waals surface area (Å²) in [5.74, 6) is 0.159. The topological polar surface area (TPSA) is 17.1 Å². The number of ketones is 1. The van der Waals surface area contributed by atoms with Crippen molar-refractivity contribution in [3.05, 3.63) is 70.2 Å². The monoisotopic (exact) mass is 258 g/mol. The largest absolute Gasteiger partial charge is 0.294 e. The lowest BCUT2D eigenvalue weighted by molar-refractivity contribution is 0.0983. The van der Waals surface area contributed by atoms with Crippen LogP contribution in [0.15, 0.2) is 48.5 Å². The number of carbonyl (C=O) groups is 1. The van der Waals surface area contributed by atoms with E-state index in [0.717, 1.165) is 12.0 Å². The zero-order chi connectivity index (χ0) is 13.0. The van der Waals surface area contributed by atoms with Crippen molar-refractivity contribution in [1.82, 2.24) is 0 Å². The highest BCUT2D eigenvalue weighted by atomic mass is 35.5. The van der Waals surface area contributed by atoms with Crippen LogP contribution < -0.4 is 0 Å². The molecule has 18 heavy (non-hydrogen) atoms. The van der Waals surface area contributed by atoms with Crippen LogP contribution in [0.3, 0.4) is 0 Å². The Morgan fingerprint density at radius 2 is 1.61 bits per heavy atom. The third kappa shape index (κ3) is 3.44. The van der Waals surface area contributed by atoms with Gasteiger partial charge in [-0.1, -0.05) is 41.4 Å². The molecule has 0 saturated heterocycles. The SMILES string of the molecule is Cc1ccc(CCC(=O)c2ccc(Cl)cc2)cc1. The molecule has 0 aromatic heterocycles. The minimum atomic E-state index is 0.159. The fourth-order valence-electron chi connectivity index (χ4n) is 1.79. The number of benzene rings is 2. The minimum Gasteiger partial charge on any atom is -0.294 e. The Balaban J connectivity index is 1.96. The first kappa shape index (κ1) is 12.8. The summed E-state index contributed by atoms with van der Waals surface area (Å²) >= 11 is 5.79. The first-order chi connectivity index (χ1) is 8.65. The molecule has 0 amide bonds. The lowest BCUT2D eigenvalue weighted by Gasteiger charge is -2.02. The molecule has 0 aliphatic carbocycles. The lowest BCUT2D eigenvalue weighted by atomic mass is 10.0. The number of Topliss-reactive ketones (excluding diaryl/α,β-unsaturated/α-hetero) is 1. The summed E-state index contributed by atoms with van der Waals surface area (Å²) in [6.45, 7) is 2.06. The first-order valence-corrected chi connectivity index (χ1v) is 6.37. The Morgan fingerprint density at radius 1 is 1.00 bits per heavy atom. The van der Waals surface area contributed by atoms with Gasteiger partial charge in [0, 0.05) is 17.0 Å². The molecule has 2 heteroatoms. The van der Waals surface area contributed by atoms with E-state index in [0.29, 0.717) is 11.4 Å². The molecule has 2 aromatic rings. The smallest absolute Gasteiger partial charge is 0.163 e. The van der Waals surface area contributed by atoms with Crippen molar-refractivity contribution >= 4 is 17.4 Å². The number of aryl methyl sites for hydroxylation is 2. The fourth-order valence-corrected chi connectivity index (χ4v) is 1.92. The molecule has 2 rings (SSSR count). The molecule has 1 nitrogen and oxygen atoms in total. The van der Waals surface area contributed by atoms with E-state index in [4.69, 9.17) is 11.6 Å². The van der Waals surface area contributed by atoms with Gasteiger partial charge in [-0.05, 0) is 43.2 Å². The molecular weight excluding hydrogens is 244 g/mol. The molecule has 0 aliphatic heterocycles. The molecule has 2 aromatic carbocycles. The Hall–Kier alpha value is -1.60. The number of halogens is 1. The molecule has 0 unspecified atom stereocenters. The first-order valence-electron chi connectivity index (χ1n) is 5.99. The third-order valence-electron chi connectivity index (χ3n) is 2.93. The van der Waals surface area contributed by atoms with E-state index < -0.39 is 0 Å². The zero-order valence-corrected chi connectivity index (χ0v) is 11.1.